The minimum atomic E-state index is -0.422. The number of carbonyl (C=O) groups excluding carboxylic acids is 1. The van der Waals surface area contributed by atoms with Gasteiger partial charge in [-0.2, -0.15) is 4.98 Å². The highest BCUT2D eigenvalue weighted by Crippen LogP contribution is 2.27. The number of hydrogen-bond donors (Lipinski definition) is 1. The van der Waals surface area contributed by atoms with Gasteiger partial charge in [-0.05, 0) is 25.0 Å². The molecule has 1 saturated heterocycles. The number of nitrogens with zero attached hydrogens (tertiary/aromatic N) is 5. The van der Waals surface area contributed by atoms with Crippen LogP contribution in [0, 0.1) is 5.82 Å². The minimum Gasteiger partial charge on any atom is -0.369 e. The lowest BCUT2D eigenvalue weighted by molar-refractivity contribution is -0.127. The van der Waals surface area contributed by atoms with E-state index in [0.717, 1.165) is 19.4 Å². The maximum atomic E-state index is 13.9. The van der Waals surface area contributed by atoms with Crippen molar-refractivity contribution in [2.75, 3.05) is 25.0 Å². The predicted molar refractivity (Wildman–Crippen MR) is 99.6 cm³/mol. The van der Waals surface area contributed by atoms with E-state index in [4.69, 9.17) is 4.52 Å². The molecule has 0 unspecified atom stereocenters. The monoisotopic (exact) mass is 382 g/mol. The van der Waals surface area contributed by atoms with E-state index in [1.54, 1.807) is 24.4 Å². The summed E-state index contributed by atoms with van der Waals surface area (Å²) < 4.78 is 19.2. The van der Waals surface area contributed by atoms with E-state index in [2.05, 4.69) is 25.4 Å². The molecule has 1 amide bonds. The van der Waals surface area contributed by atoms with Crippen LogP contribution < -0.4 is 5.32 Å². The molecule has 0 aliphatic carbocycles. The molecule has 0 bridgehead atoms. The van der Waals surface area contributed by atoms with Crippen LogP contribution in [-0.2, 0) is 4.79 Å². The lowest BCUT2D eigenvalue weighted by Crippen LogP contribution is -2.27. The molecule has 0 saturated carbocycles. The maximum Gasteiger partial charge on any atom is 0.263 e. The summed E-state index contributed by atoms with van der Waals surface area (Å²) in [7, 11) is 0. The Morgan fingerprint density at radius 2 is 2.14 bits per heavy atom. The number of carbonyl (C=O) groups is 1. The van der Waals surface area contributed by atoms with Crippen LogP contribution >= 0.6 is 0 Å². The van der Waals surface area contributed by atoms with Crippen LogP contribution in [0.25, 0.3) is 22.8 Å². The standard InChI is InChI=1S/C19H19FN6O2/c20-15-6-2-1-5-13(15)18-24-19(28-25-18)14-11-21-12-23-17(14)22-8-4-10-26-9-3-7-16(26)27/h1-2,5-6,11-12H,3-4,7-10H2,(H,21,22,23). The molecule has 1 aromatic carbocycles. The molecule has 28 heavy (non-hydrogen) atoms. The van der Waals surface area contributed by atoms with Crippen LogP contribution in [0.2, 0.25) is 0 Å². The van der Waals surface area contributed by atoms with Gasteiger partial charge in [-0.25, -0.2) is 14.4 Å². The second kappa shape index (κ2) is 8.12. The molecule has 3 heterocycles. The SMILES string of the molecule is O=C1CCCN1CCCNc1ncncc1-c1nc(-c2ccccc2F)no1. The number of hydrogen-bond acceptors (Lipinski definition) is 7. The average molecular weight is 382 g/mol. The Morgan fingerprint density at radius 3 is 2.96 bits per heavy atom. The van der Waals surface area contributed by atoms with Gasteiger partial charge in [0.15, 0.2) is 0 Å². The second-order valence-corrected chi connectivity index (χ2v) is 6.45. The Kier molecular flexibility index (Phi) is 5.22. The summed E-state index contributed by atoms with van der Waals surface area (Å²) in [5.41, 5.74) is 0.800. The Bertz CT molecular complexity index is 976. The van der Waals surface area contributed by atoms with E-state index < -0.39 is 5.82 Å². The normalized spacial score (nSPS) is 13.9. The molecule has 8 nitrogen and oxygen atoms in total. The highest BCUT2D eigenvalue weighted by atomic mass is 19.1. The van der Waals surface area contributed by atoms with Crippen LogP contribution in [0.15, 0.2) is 41.3 Å². The first-order valence-corrected chi connectivity index (χ1v) is 9.13. The van der Waals surface area contributed by atoms with Crippen molar-refractivity contribution in [3.8, 4) is 22.8 Å². The summed E-state index contributed by atoms with van der Waals surface area (Å²) in [5.74, 6) is 0.709. The summed E-state index contributed by atoms with van der Waals surface area (Å²) >= 11 is 0. The number of rotatable bonds is 7. The Hall–Kier alpha value is -3.36. The molecule has 0 atom stereocenters. The van der Waals surface area contributed by atoms with E-state index in [1.807, 2.05) is 4.90 Å². The highest BCUT2D eigenvalue weighted by molar-refractivity contribution is 5.78. The van der Waals surface area contributed by atoms with E-state index in [1.165, 1.54) is 12.4 Å². The Balaban J connectivity index is 1.44. The van der Waals surface area contributed by atoms with Gasteiger partial charge in [0.2, 0.25) is 11.7 Å². The van der Waals surface area contributed by atoms with Crippen LogP contribution in [0.5, 0.6) is 0 Å². The van der Waals surface area contributed by atoms with Crippen molar-refractivity contribution in [3.05, 3.63) is 42.6 Å². The largest absolute Gasteiger partial charge is 0.369 e. The summed E-state index contributed by atoms with van der Waals surface area (Å²) in [6, 6.07) is 6.24. The molecule has 4 rings (SSSR count). The lowest BCUT2D eigenvalue weighted by Gasteiger charge is -2.15. The van der Waals surface area contributed by atoms with Crippen LogP contribution in [0.1, 0.15) is 19.3 Å². The van der Waals surface area contributed by atoms with Gasteiger partial charge < -0.3 is 14.7 Å². The van der Waals surface area contributed by atoms with Gasteiger partial charge >= 0.3 is 0 Å². The van der Waals surface area contributed by atoms with Crippen molar-refractivity contribution in [1.82, 2.24) is 25.0 Å². The lowest BCUT2D eigenvalue weighted by atomic mass is 10.2. The molecule has 1 N–H and O–H groups in total. The number of likely N-dealkylation sites (tertiary alicyclic amines) is 1. The first-order valence-electron chi connectivity index (χ1n) is 9.13. The third kappa shape index (κ3) is 3.83. The zero-order valence-electron chi connectivity index (χ0n) is 15.1. The summed E-state index contributed by atoms with van der Waals surface area (Å²) in [6.45, 7) is 2.17. The van der Waals surface area contributed by atoms with Crippen molar-refractivity contribution in [1.29, 1.82) is 0 Å². The number of halogens is 1. The van der Waals surface area contributed by atoms with Crippen LogP contribution in [0.3, 0.4) is 0 Å². The molecule has 9 heteroatoms. The molecule has 0 spiro atoms. The molecule has 3 aromatic rings. The van der Waals surface area contributed by atoms with Crippen molar-refractivity contribution in [2.45, 2.75) is 19.3 Å². The first kappa shape index (κ1) is 18.0. The average Bonchev–Trinajstić information content (AvgIpc) is 3.35. The molecule has 144 valence electrons. The van der Waals surface area contributed by atoms with E-state index in [-0.39, 0.29) is 23.2 Å². The van der Waals surface area contributed by atoms with Gasteiger partial charge in [0, 0.05) is 32.3 Å². The third-order valence-corrected chi connectivity index (χ3v) is 4.55. The minimum absolute atomic E-state index is 0.162. The van der Waals surface area contributed by atoms with Crippen LogP contribution in [-0.4, -0.2) is 50.5 Å². The van der Waals surface area contributed by atoms with Crippen molar-refractivity contribution >= 4 is 11.7 Å². The zero-order chi connectivity index (χ0) is 19.3. The van der Waals surface area contributed by atoms with Gasteiger partial charge in [-0.3, -0.25) is 4.79 Å². The van der Waals surface area contributed by atoms with E-state index in [0.29, 0.717) is 30.9 Å². The van der Waals surface area contributed by atoms with Crippen LogP contribution in [0.4, 0.5) is 10.2 Å². The number of amides is 1. The van der Waals surface area contributed by atoms with Crippen molar-refractivity contribution in [3.63, 3.8) is 0 Å². The Morgan fingerprint density at radius 1 is 1.25 bits per heavy atom. The molecule has 1 fully saturated rings. The maximum absolute atomic E-state index is 13.9. The molecule has 1 aliphatic heterocycles. The molecule has 1 aliphatic rings. The molecule has 2 aromatic heterocycles. The fraction of sp³-hybridized carbons (Fsp3) is 0.316. The van der Waals surface area contributed by atoms with E-state index >= 15 is 0 Å². The van der Waals surface area contributed by atoms with Gasteiger partial charge in [-0.15, -0.1) is 0 Å². The number of nitrogens with one attached hydrogen (secondary N) is 1. The molecular weight excluding hydrogens is 363 g/mol. The van der Waals surface area contributed by atoms with Gasteiger partial charge in [0.05, 0.1) is 5.56 Å². The summed E-state index contributed by atoms with van der Waals surface area (Å²) in [4.78, 5) is 26.1. The summed E-state index contributed by atoms with van der Waals surface area (Å²) in [5, 5.41) is 7.09. The summed E-state index contributed by atoms with van der Waals surface area (Å²) in [6.07, 6.45) is 5.36. The smallest absolute Gasteiger partial charge is 0.263 e. The van der Waals surface area contributed by atoms with Gasteiger partial charge in [0.25, 0.3) is 5.89 Å². The Labute approximate surface area is 160 Å². The number of aromatic nitrogens is 4. The fourth-order valence-electron chi connectivity index (χ4n) is 3.13. The second-order valence-electron chi connectivity index (χ2n) is 6.45. The third-order valence-electron chi connectivity index (χ3n) is 4.55. The predicted octanol–water partition coefficient (Wildman–Crippen LogP) is 2.76. The zero-order valence-corrected chi connectivity index (χ0v) is 15.1. The van der Waals surface area contributed by atoms with Crippen molar-refractivity contribution < 1.29 is 13.7 Å². The topological polar surface area (TPSA) is 97.0 Å². The molecule has 0 radical (unpaired) electrons. The number of benzene rings is 1. The van der Waals surface area contributed by atoms with Crippen molar-refractivity contribution in [2.24, 2.45) is 0 Å². The van der Waals surface area contributed by atoms with Gasteiger partial charge in [-0.1, -0.05) is 17.3 Å². The first-order chi connectivity index (χ1) is 13.7. The van der Waals surface area contributed by atoms with E-state index in [9.17, 15) is 9.18 Å². The quantitative estimate of drug-likeness (QED) is 0.628. The molecular formula is C19H19FN6O2. The fourth-order valence-corrected chi connectivity index (χ4v) is 3.13. The number of anilines is 1. The highest BCUT2D eigenvalue weighted by Gasteiger charge is 2.20. The van der Waals surface area contributed by atoms with Gasteiger partial charge in [0.1, 0.15) is 23.5 Å².